The lowest BCUT2D eigenvalue weighted by Gasteiger charge is -2.20. The lowest BCUT2D eigenvalue weighted by Crippen LogP contribution is -2.48. The summed E-state index contributed by atoms with van der Waals surface area (Å²) in [7, 11) is 0. The van der Waals surface area contributed by atoms with Gasteiger partial charge in [-0.25, -0.2) is 0 Å². The lowest BCUT2D eigenvalue weighted by molar-refractivity contribution is 0.526. The number of nitrogens with zero attached hydrogens (tertiary/aromatic N) is 4. The van der Waals surface area contributed by atoms with Crippen molar-refractivity contribution in [2.45, 2.75) is 0 Å². The second kappa shape index (κ2) is 3.53. The molecule has 1 N–H and O–H groups in total. The highest BCUT2D eigenvalue weighted by atomic mass is 35.5. The first-order valence-corrected chi connectivity index (χ1v) is 5.11. The van der Waals surface area contributed by atoms with E-state index >= 15 is 0 Å². The van der Waals surface area contributed by atoms with E-state index < -0.39 is 0 Å². The van der Waals surface area contributed by atoms with E-state index in [-0.39, 0.29) is 0 Å². The van der Waals surface area contributed by atoms with Gasteiger partial charge in [0.2, 0.25) is 0 Å². The minimum Gasteiger partial charge on any atom is -0.197 e. The SMILES string of the molecule is Clc1ccc2c(c1)=NNN(n1cccn1)C=2. The first kappa shape index (κ1) is 9.23. The van der Waals surface area contributed by atoms with Gasteiger partial charge in [-0.3, -0.25) is 0 Å². The summed E-state index contributed by atoms with van der Waals surface area (Å²) in [6.45, 7) is 0. The molecule has 0 saturated heterocycles. The van der Waals surface area contributed by atoms with Gasteiger partial charge in [-0.2, -0.15) is 25.6 Å². The monoisotopic (exact) mass is 233 g/mol. The van der Waals surface area contributed by atoms with Crippen LogP contribution in [0.3, 0.4) is 0 Å². The number of aromatic nitrogens is 2. The topological polar surface area (TPSA) is 45.5 Å². The summed E-state index contributed by atoms with van der Waals surface area (Å²) in [5.41, 5.74) is 2.85. The lowest BCUT2D eigenvalue weighted by atomic mass is 10.3. The van der Waals surface area contributed by atoms with Crippen LogP contribution in [0.1, 0.15) is 0 Å². The van der Waals surface area contributed by atoms with E-state index in [0.717, 1.165) is 10.6 Å². The molecule has 2 aromatic rings. The molecule has 0 radical (unpaired) electrons. The standard InChI is InChI=1S/C10H8ClN5/c11-9-3-2-8-7-16(14-13-10(8)6-9)15-5-1-4-12-15/h1-7,14H. The van der Waals surface area contributed by atoms with Crippen LogP contribution in [0.2, 0.25) is 5.02 Å². The molecule has 1 aliphatic heterocycles. The molecule has 3 rings (SSSR count). The quantitative estimate of drug-likeness (QED) is 0.752. The Labute approximate surface area is 96.2 Å². The molecule has 1 aliphatic rings. The highest BCUT2D eigenvalue weighted by molar-refractivity contribution is 6.30. The Morgan fingerprint density at radius 2 is 2.25 bits per heavy atom. The molecule has 0 amide bonds. The fourth-order valence-electron chi connectivity index (χ4n) is 1.48. The first-order chi connectivity index (χ1) is 7.83. The molecule has 0 fully saturated rings. The molecule has 5 nitrogen and oxygen atoms in total. The van der Waals surface area contributed by atoms with Crippen molar-refractivity contribution in [3.8, 4) is 0 Å². The van der Waals surface area contributed by atoms with Gasteiger partial charge < -0.3 is 0 Å². The van der Waals surface area contributed by atoms with Gasteiger partial charge in [0.1, 0.15) is 0 Å². The third-order valence-electron chi connectivity index (χ3n) is 2.24. The Bertz CT molecular complexity index is 619. The molecule has 1 aromatic heterocycles. The van der Waals surface area contributed by atoms with E-state index in [1.807, 2.05) is 30.6 Å². The van der Waals surface area contributed by atoms with Crippen LogP contribution in [0.25, 0.3) is 6.20 Å². The highest BCUT2D eigenvalue weighted by Gasteiger charge is 2.04. The summed E-state index contributed by atoms with van der Waals surface area (Å²) in [5.74, 6) is 0. The van der Waals surface area contributed by atoms with Crippen molar-refractivity contribution < 1.29 is 0 Å². The number of fused-ring (bicyclic) bond motifs is 1. The van der Waals surface area contributed by atoms with Crippen LogP contribution >= 0.6 is 11.6 Å². The second-order valence-corrected chi connectivity index (χ2v) is 3.75. The van der Waals surface area contributed by atoms with Gasteiger partial charge in [-0.05, 0) is 24.3 Å². The van der Waals surface area contributed by atoms with Gasteiger partial charge in [-0.1, -0.05) is 11.6 Å². The Morgan fingerprint density at radius 1 is 1.31 bits per heavy atom. The van der Waals surface area contributed by atoms with Gasteiger partial charge in [-0.15, -0.1) is 0 Å². The molecule has 2 heterocycles. The van der Waals surface area contributed by atoms with Crippen LogP contribution in [0, 0.1) is 0 Å². The van der Waals surface area contributed by atoms with Crippen LogP contribution in [-0.4, -0.2) is 9.89 Å². The molecule has 1 aromatic carbocycles. The van der Waals surface area contributed by atoms with E-state index in [0.29, 0.717) is 5.02 Å². The first-order valence-electron chi connectivity index (χ1n) is 4.73. The molecule has 6 heteroatoms. The maximum Gasteiger partial charge on any atom is 0.0953 e. The summed E-state index contributed by atoms with van der Waals surface area (Å²) in [4.78, 5) is 1.64. The number of hydrogen-bond donors (Lipinski definition) is 1. The van der Waals surface area contributed by atoms with Crippen molar-refractivity contribution in [3.63, 3.8) is 0 Å². The number of hydrazine groups is 1. The Hall–Kier alpha value is -2.01. The van der Waals surface area contributed by atoms with Crippen molar-refractivity contribution in [2.75, 3.05) is 5.12 Å². The van der Waals surface area contributed by atoms with Gasteiger partial charge in [0, 0.05) is 10.2 Å². The molecule has 0 bridgehead atoms. The molecule has 16 heavy (non-hydrogen) atoms. The maximum atomic E-state index is 5.88. The van der Waals surface area contributed by atoms with Crippen molar-refractivity contribution in [1.82, 2.24) is 15.4 Å². The minimum atomic E-state index is 0.672. The molecule has 0 spiro atoms. The van der Waals surface area contributed by atoms with Gasteiger partial charge in [0.15, 0.2) is 0 Å². The minimum absolute atomic E-state index is 0.672. The summed E-state index contributed by atoms with van der Waals surface area (Å²) in [5, 5.41) is 12.4. The normalized spacial score (nSPS) is 13.4. The van der Waals surface area contributed by atoms with Crippen molar-refractivity contribution in [3.05, 3.63) is 52.3 Å². The summed E-state index contributed by atoms with van der Waals surface area (Å²) < 4.78 is 0. The zero-order valence-electron chi connectivity index (χ0n) is 8.21. The largest absolute Gasteiger partial charge is 0.197 e. The predicted molar refractivity (Wildman–Crippen MR) is 60.3 cm³/mol. The molecular formula is C10H8ClN5. The molecule has 0 aliphatic carbocycles. The second-order valence-electron chi connectivity index (χ2n) is 3.32. The average Bonchev–Trinajstić information content (AvgIpc) is 2.82. The van der Waals surface area contributed by atoms with Gasteiger partial charge >= 0.3 is 0 Å². The fraction of sp³-hybridized carbons (Fsp3) is 0. The third-order valence-corrected chi connectivity index (χ3v) is 2.47. The number of benzene rings is 1. The van der Waals surface area contributed by atoms with E-state index in [4.69, 9.17) is 11.6 Å². The van der Waals surface area contributed by atoms with Crippen LogP contribution in [0.15, 0.2) is 41.8 Å². The highest BCUT2D eigenvalue weighted by Crippen LogP contribution is 2.00. The Kier molecular flexibility index (Phi) is 2.04. The number of hydrogen-bond acceptors (Lipinski definition) is 4. The van der Waals surface area contributed by atoms with Crippen LogP contribution in [0.4, 0.5) is 0 Å². The third kappa shape index (κ3) is 1.51. The summed E-state index contributed by atoms with van der Waals surface area (Å²) >= 11 is 5.88. The predicted octanol–water partition coefficient (Wildman–Crippen LogP) is -0.0345. The van der Waals surface area contributed by atoms with Crippen LogP contribution in [-0.2, 0) is 0 Å². The van der Waals surface area contributed by atoms with Crippen molar-refractivity contribution >= 4 is 17.8 Å². The smallest absolute Gasteiger partial charge is 0.0953 e. The molecule has 80 valence electrons. The van der Waals surface area contributed by atoms with Crippen LogP contribution in [0.5, 0.6) is 0 Å². The fourth-order valence-corrected chi connectivity index (χ4v) is 1.65. The molecular weight excluding hydrogens is 226 g/mol. The number of rotatable bonds is 1. The molecule has 0 unspecified atom stereocenters. The van der Waals surface area contributed by atoms with Crippen LogP contribution < -0.4 is 21.2 Å². The van der Waals surface area contributed by atoms with Crippen molar-refractivity contribution in [1.29, 1.82) is 0 Å². The Balaban J connectivity index is 2.10. The van der Waals surface area contributed by atoms with E-state index in [2.05, 4.69) is 15.7 Å². The van der Waals surface area contributed by atoms with E-state index in [1.165, 1.54) is 0 Å². The summed E-state index contributed by atoms with van der Waals surface area (Å²) in [6.07, 6.45) is 5.42. The Morgan fingerprint density at radius 3 is 3.06 bits per heavy atom. The molecule has 0 saturated carbocycles. The maximum absolute atomic E-state index is 5.88. The number of nitrogens with one attached hydrogen (secondary N) is 1. The zero-order chi connectivity index (χ0) is 11.0. The van der Waals surface area contributed by atoms with Gasteiger partial charge in [0.25, 0.3) is 0 Å². The van der Waals surface area contributed by atoms with Crippen molar-refractivity contribution in [2.24, 2.45) is 5.10 Å². The van der Waals surface area contributed by atoms with E-state index in [9.17, 15) is 0 Å². The summed E-state index contributed by atoms with van der Waals surface area (Å²) in [6, 6.07) is 7.39. The number of halogens is 1. The van der Waals surface area contributed by atoms with Gasteiger partial charge in [0.05, 0.1) is 24.0 Å². The van der Waals surface area contributed by atoms with E-state index in [1.54, 1.807) is 22.2 Å². The molecule has 0 atom stereocenters. The average molecular weight is 234 g/mol. The zero-order valence-corrected chi connectivity index (χ0v) is 8.96.